The Morgan fingerprint density at radius 3 is 3.00 bits per heavy atom. The van der Waals surface area contributed by atoms with Crippen LogP contribution in [0.3, 0.4) is 0 Å². The Bertz CT molecular complexity index is 795. The van der Waals surface area contributed by atoms with Crippen LogP contribution >= 0.6 is 22.9 Å². The average molecular weight is 393 g/mol. The highest BCUT2D eigenvalue weighted by Crippen LogP contribution is 2.28. The third kappa shape index (κ3) is 4.59. The van der Waals surface area contributed by atoms with E-state index in [1.165, 1.54) is 11.3 Å². The van der Waals surface area contributed by atoms with Crippen molar-refractivity contribution in [3.05, 3.63) is 39.9 Å². The van der Waals surface area contributed by atoms with Gasteiger partial charge in [0.05, 0.1) is 5.92 Å². The van der Waals surface area contributed by atoms with Gasteiger partial charge in [-0.25, -0.2) is 0 Å². The molecule has 0 spiro atoms. The fraction of sp³-hybridized carbons (Fsp3) is 0.444. The molecule has 1 aromatic carbocycles. The summed E-state index contributed by atoms with van der Waals surface area (Å²) in [5.41, 5.74) is 1.07. The summed E-state index contributed by atoms with van der Waals surface area (Å²) in [6, 6.07) is 7.57. The Morgan fingerprint density at radius 1 is 1.38 bits per heavy atom. The number of amides is 2. The van der Waals surface area contributed by atoms with E-state index in [4.69, 9.17) is 11.6 Å². The van der Waals surface area contributed by atoms with Crippen molar-refractivity contribution in [2.24, 2.45) is 5.92 Å². The summed E-state index contributed by atoms with van der Waals surface area (Å²) in [4.78, 5) is 26.2. The maximum absolute atomic E-state index is 12.4. The summed E-state index contributed by atoms with van der Waals surface area (Å²) in [7, 11) is 0. The van der Waals surface area contributed by atoms with Crippen LogP contribution in [0, 0.1) is 5.92 Å². The molecule has 1 N–H and O–H groups in total. The molecule has 1 unspecified atom stereocenters. The Kier molecular flexibility index (Phi) is 6.21. The van der Waals surface area contributed by atoms with Crippen molar-refractivity contribution in [3.63, 3.8) is 0 Å². The highest BCUT2D eigenvalue weighted by Gasteiger charge is 2.36. The number of rotatable bonds is 7. The smallest absolute Gasteiger partial charge is 0.229 e. The summed E-state index contributed by atoms with van der Waals surface area (Å²) in [5, 5.41) is 13.3. The minimum Gasteiger partial charge on any atom is -0.355 e. The molecule has 0 bridgehead atoms. The molecule has 2 heterocycles. The lowest BCUT2D eigenvalue weighted by Crippen LogP contribution is -2.34. The van der Waals surface area contributed by atoms with Crippen molar-refractivity contribution < 1.29 is 9.59 Å². The molecule has 2 aromatic rings. The second-order valence-electron chi connectivity index (χ2n) is 6.30. The van der Waals surface area contributed by atoms with Crippen molar-refractivity contribution in [2.45, 2.75) is 32.6 Å². The van der Waals surface area contributed by atoms with E-state index in [0.29, 0.717) is 29.7 Å². The van der Waals surface area contributed by atoms with E-state index in [1.807, 2.05) is 24.3 Å². The lowest BCUT2D eigenvalue weighted by molar-refractivity contribution is -0.126. The van der Waals surface area contributed by atoms with Crippen molar-refractivity contribution in [1.82, 2.24) is 15.5 Å². The number of hydrogen-bond donors (Lipinski definition) is 1. The zero-order chi connectivity index (χ0) is 18.5. The lowest BCUT2D eigenvalue weighted by atomic mass is 10.1. The molecular formula is C18H21ClN4O2S. The standard InChI is InChI=1S/C18H21ClN4O2S/c1-2-4-15-21-22-18(26-15)23-11-13(10-16(23)24)17(25)20-8-7-12-5-3-6-14(19)9-12/h3,5-6,9,13H,2,4,7-8,10-11H2,1H3,(H,20,25). The Morgan fingerprint density at radius 2 is 2.23 bits per heavy atom. The second kappa shape index (κ2) is 8.60. The van der Waals surface area contributed by atoms with Crippen LogP contribution in [0.15, 0.2) is 24.3 Å². The summed E-state index contributed by atoms with van der Waals surface area (Å²) in [6.07, 6.45) is 2.76. The van der Waals surface area contributed by atoms with E-state index >= 15 is 0 Å². The highest BCUT2D eigenvalue weighted by atomic mass is 35.5. The molecular weight excluding hydrogens is 372 g/mol. The van der Waals surface area contributed by atoms with Gasteiger partial charge in [0.25, 0.3) is 0 Å². The van der Waals surface area contributed by atoms with Gasteiger partial charge in [-0.3, -0.25) is 14.5 Å². The second-order valence-corrected chi connectivity index (χ2v) is 7.78. The highest BCUT2D eigenvalue weighted by molar-refractivity contribution is 7.15. The van der Waals surface area contributed by atoms with Gasteiger partial charge >= 0.3 is 0 Å². The lowest BCUT2D eigenvalue weighted by Gasteiger charge is -2.12. The monoisotopic (exact) mass is 392 g/mol. The van der Waals surface area contributed by atoms with Crippen molar-refractivity contribution in [1.29, 1.82) is 0 Å². The molecule has 1 aromatic heterocycles. The topological polar surface area (TPSA) is 75.2 Å². The van der Waals surface area contributed by atoms with Crippen molar-refractivity contribution >= 4 is 39.9 Å². The van der Waals surface area contributed by atoms with Gasteiger partial charge in [-0.1, -0.05) is 42.0 Å². The van der Waals surface area contributed by atoms with Gasteiger partial charge in [0.2, 0.25) is 16.9 Å². The molecule has 138 valence electrons. The normalized spacial score (nSPS) is 16.9. The minimum absolute atomic E-state index is 0.0702. The maximum Gasteiger partial charge on any atom is 0.229 e. The molecule has 2 amide bonds. The average Bonchev–Trinajstić information content (AvgIpc) is 3.22. The molecule has 0 radical (unpaired) electrons. The molecule has 3 rings (SSSR count). The third-order valence-corrected chi connectivity index (χ3v) is 5.49. The van der Waals surface area contributed by atoms with Crippen LogP contribution in [0.25, 0.3) is 0 Å². The number of aromatic nitrogens is 2. The third-order valence-electron chi connectivity index (χ3n) is 4.25. The molecule has 1 aliphatic heterocycles. The van der Waals surface area contributed by atoms with Gasteiger partial charge in [-0.05, 0) is 30.5 Å². The Balaban J connectivity index is 1.51. The molecule has 0 saturated carbocycles. The number of nitrogens with one attached hydrogen (secondary N) is 1. The quantitative estimate of drug-likeness (QED) is 0.786. The van der Waals surface area contributed by atoms with Crippen LogP contribution < -0.4 is 10.2 Å². The van der Waals surface area contributed by atoms with Gasteiger partial charge in [0.15, 0.2) is 0 Å². The van der Waals surface area contributed by atoms with Crippen molar-refractivity contribution in [2.75, 3.05) is 18.0 Å². The SMILES string of the molecule is CCCc1nnc(N2CC(C(=O)NCCc3cccc(Cl)c3)CC2=O)s1. The van der Waals surface area contributed by atoms with Crippen LogP contribution in [0.1, 0.15) is 30.3 Å². The Labute approximate surface area is 161 Å². The first-order valence-corrected chi connectivity index (χ1v) is 9.91. The van der Waals surface area contributed by atoms with Gasteiger partial charge in [-0.15, -0.1) is 10.2 Å². The fourth-order valence-corrected chi connectivity index (χ4v) is 4.08. The van der Waals surface area contributed by atoms with E-state index in [1.54, 1.807) is 4.90 Å². The number of halogens is 1. The van der Waals surface area contributed by atoms with Gasteiger partial charge in [-0.2, -0.15) is 0 Å². The predicted octanol–water partition coefficient (Wildman–Crippen LogP) is 2.86. The molecule has 1 atom stereocenters. The van der Waals surface area contributed by atoms with Gasteiger partial charge in [0, 0.05) is 31.0 Å². The van der Waals surface area contributed by atoms with Crippen LogP contribution in [-0.2, 0) is 22.4 Å². The van der Waals surface area contributed by atoms with E-state index in [-0.39, 0.29) is 24.2 Å². The zero-order valence-electron chi connectivity index (χ0n) is 14.6. The van der Waals surface area contributed by atoms with E-state index in [0.717, 1.165) is 23.4 Å². The zero-order valence-corrected chi connectivity index (χ0v) is 16.1. The van der Waals surface area contributed by atoms with E-state index in [2.05, 4.69) is 22.4 Å². The predicted molar refractivity (Wildman–Crippen MR) is 103 cm³/mol. The summed E-state index contributed by atoms with van der Waals surface area (Å²) in [6.45, 7) is 2.96. The van der Waals surface area contributed by atoms with E-state index in [9.17, 15) is 9.59 Å². The molecule has 1 fully saturated rings. The van der Waals surface area contributed by atoms with Crippen LogP contribution in [0.5, 0.6) is 0 Å². The molecule has 1 saturated heterocycles. The first-order chi connectivity index (χ1) is 12.6. The number of aryl methyl sites for hydroxylation is 1. The Hall–Kier alpha value is -1.99. The summed E-state index contributed by atoms with van der Waals surface area (Å²) in [5.74, 6) is -0.513. The molecule has 0 aliphatic carbocycles. The van der Waals surface area contributed by atoms with Gasteiger partial charge in [0.1, 0.15) is 5.01 Å². The number of benzene rings is 1. The van der Waals surface area contributed by atoms with Crippen LogP contribution in [0.4, 0.5) is 5.13 Å². The molecule has 6 nitrogen and oxygen atoms in total. The van der Waals surface area contributed by atoms with Crippen LogP contribution in [-0.4, -0.2) is 35.1 Å². The number of carbonyl (C=O) groups excluding carboxylic acids is 2. The summed E-state index contributed by atoms with van der Waals surface area (Å²) >= 11 is 7.39. The maximum atomic E-state index is 12.4. The largest absolute Gasteiger partial charge is 0.355 e. The first kappa shape index (κ1) is 18.8. The number of anilines is 1. The summed E-state index contributed by atoms with van der Waals surface area (Å²) < 4.78 is 0. The number of hydrogen-bond acceptors (Lipinski definition) is 5. The molecule has 26 heavy (non-hydrogen) atoms. The number of carbonyl (C=O) groups is 2. The first-order valence-electron chi connectivity index (χ1n) is 8.71. The molecule has 1 aliphatic rings. The van der Waals surface area contributed by atoms with Crippen molar-refractivity contribution in [3.8, 4) is 0 Å². The fourth-order valence-electron chi connectivity index (χ4n) is 2.90. The van der Waals surface area contributed by atoms with Crippen LogP contribution in [0.2, 0.25) is 5.02 Å². The minimum atomic E-state index is -0.347. The molecule has 8 heteroatoms. The van der Waals surface area contributed by atoms with Gasteiger partial charge < -0.3 is 5.32 Å². The van der Waals surface area contributed by atoms with E-state index < -0.39 is 0 Å². The number of nitrogens with zero attached hydrogens (tertiary/aromatic N) is 3.